The minimum absolute atomic E-state index is 0.0592. The molecule has 0 radical (unpaired) electrons. The monoisotopic (exact) mass is 412 g/mol. The van der Waals surface area contributed by atoms with Crippen LogP contribution in [0, 0.1) is 0 Å². The molecule has 1 saturated heterocycles. The Morgan fingerprint density at radius 2 is 1.37 bits per heavy atom. The fourth-order valence-corrected chi connectivity index (χ4v) is 3.79. The van der Waals surface area contributed by atoms with Crippen LogP contribution < -0.4 is 11.5 Å². The van der Waals surface area contributed by atoms with Crippen LogP contribution in [0.25, 0.3) is 0 Å². The van der Waals surface area contributed by atoms with Crippen molar-refractivity contribution in [1.29, 1.82) is 0 Å². The highest BCUT2D eigenvalue weighted by Gasteiger charge is 2.37. The molecule has 3 atom stereocenters. The van der Waals surface area contributed by atoms with E-state index in [0.29, 0.717) is 12.1 Å². The zero-order valence-corrected chi connectivity index (χ0v) is 16.9. The molecule has 2 saturated carbocycles. The lowest BCUT2D eigenvalue weighted by Crippen LogP contribution is -2.24. The summed E-state index contributed by atoms with van der Waals surface area (Å²) >= 11 is 0. The Hall–Kier alpha value is -0.0900. The zero-order chi connectivity index (χ0) is 20.3. The molecule has 0 aromatic carbocycles. The lowest BCUT2D eigenvalue weighted by atomic mass is 9.97. The summed E-state index contributed by atoms with van der Waals surface area (Å²) in [5.41, 5.74) is 11.3. The van der Waals surface area contributed by atoms with Crippen molar-refractivity contribution >= 4 is 7.82 Å². The van der Waals surface area contributed by atoms with Gasteiger partial charge in [0, 0.05) is 18.5 Å². The number of phosphoric ester groups is 1. The molecular weight excluding hydrogens is 375 g/mol. The third kappa shape index (κ3) is 12.2. The topological polar surface area (TPSA) is 168 Å². The summed E-state index contributed by atoms with van der Waals surface area (Å²) in [5.74, 6) is 0. The van der Waals surface area contributed by atoms with Crippen molar-refractivity contribution in [2.24, 2.45) is 11.5 Å². The largest absolute Gasteiger partial charge is 0.471 e. The highest BCUT2D eigenvalue weighted by atomic mass is 31.2. The van der Waals surface area contributed by atoms with Gasteiger partial charge in [0.05, 0.1) is 12.7 Å². The van der Waals surface area contributed by atoms with Crippen LogP contribution in [0.15, 0.2) is 0 Å². The maximum Gasteiger partial charge on any atom is 0.471 e. The van der Waals surface area contributed by atoms with E-state index in [0.717, 1.165) is 0 Å². The van der Waals surface area contributed by atoms with E-state index in [1.54, 1.807) is 0 Å². The Kier molecular flexibility index (Phi) is 12.2. The Bertz CT molecular complexity index is 410. The molecule has 3 fully saturated rings. The molecule has 27 heavy (non-hydrogen) atoms. The number of phosphoric acid groups is 1. The normalized spacial score (nSPS) is 30.1. The number of ether oxygens (including phenoxy) is 1. The van der Waals surface area contributed by atoms with Crippen LogP contribution in [0.3, 0.4) is 0 Å². The van der Waals surface area contributed by atoms with Crippen molar-refractivity contribution in [2.75, 3.05) is 6.61 Å². The average molecular weight is 412 g/mol. The summed E-state index contributed by atoms with van der Waals surface area (Å²) in [7, 11) is -4.60. The van der Waals surface area contributed by atoms with Crippen LogP contribution in [-0.2, 0) is 13.8 Å². The molecule has 8 N–H and O–H groups in total. The molecule has 9 nitrogen and oxygen atoms in total. The van der Waals surface area contributed by atoms with Crippen LogP contribution in [0.2, 0.25) is 0 Å². The van der Waals surface area contributed by atoms with Gasteiger partial charge in [-0.05, 0) is 25.7 Å². The lowest BCUT2D eigenvalue weighted by molar-refractivity contribution is -0.102. The van der Waals surface area contributed by atoms with Crippen LogP contribution in [0.1, 0.15) is 70.6 Å². The predicted octanol–water partition coefficient (Wildman–Crippen LogP) is 1.12. The SMILES string of the molecule is NC1CCCCC1.NC1CCCCC1.O=P(O)(O)OC1C[C@H](O)[C@@H](CO)O1. The summed E-state index contributed by atoms with van der Waals surface area (Å²) in [6, 6.07) is 1.07. The van der Waals surface area contributed by atoms with Crippen molar-refractivity contribution in [3.8, 4) is 0 Å². The Morgan fingerprint density at radius 3 is 1.63 bits per heavy atom. The molecule has 2 aliphatic carbocycles. The summed E-state index contributed by atoms with van der Waals surface area (Å²) < 4.78 is 19.3. The molecule has 0 bridgehead atoms. The summed E-state index contributed by atoms with van der Waals surface area (Å²) in [5, 5.41) is 17.8. The van der Waals surface area contributed by atoms with Gasteiger partial charge in [0.15, 0.2) is 6.29 Å². The van der Waals surface area contributed by atoms with Gasteiger partial charge in [0.2, 0.25) is 0 Å². The predicted molar refractivity (Wildman–Crippen MR) is 102 cm³/mol. The number of nitrogens with two attached hydrogens (primary N) is 2. The fraction of sp³-hybridized carbons (Fsp3) is 1.00. The third-order valence-corrected chi connectivity index (χ3v) is 5.43. The van der Waals surface area contributed by atoms with Crippen molar-refractivity contribution in [2.45, 2.75) is 101 Å². The van der Waals surface area contributed by atoms with Gasteiger partial charge < -0.3 is 36.2 Å². The van der Waals surface area contributed by atoms with Crippen LogP contribution in [0.5, 0.6) is 0 Å². The van der Waals surface area contributed by atoms with E-state index in [1.165, 1.54) is 64.2 Å². The van der Waals surface area contributed by atoms with Gasteiger partial charge in [0.25, 0.3) is 0 Å². The first-order valence-electron chi connectivity index (χ1n) is 9.90. The second-order valence-corrected chi connectivity index (χ2v) is 8.67. The number of aliphatic hydroxyl groups is 2. The van der Waals surface area contributed by atoms with Gasteiger partial charge in [-0.15, -0.1) is 0 Å². The first-order chi connectivity index (χ1) is 12.7. The highest BCUT2D eigenvalue weighted by Crippen LogP contribution is 2.40. The molecular formula is C17H37N2O7P. The summed E-state index contributed by atoms with van der Waals surface area (Å²) in [6.45, 7) is -0.414. The zero-order valence-electron chi connectivity index (χ0n) is 16.0. The van der Waals surface area contributed by atoms with Crippen LogP contribution in [-0.4, -0.2) is 57.2 Å². The Labute approximate surface area is 161 Å². The number of hydrogen-bond donors (Lipinski definition) is 6. The Morgan fingerprint density at radius 1 is 0.926 bits per heavy atom. The van der Waals surface area contributed by atoms with Gasteiger partial charge in [-0.1, -0.05) is 38.5 Å². The van der Waals surface area contributed by atoms with Crippen molar-refractivity contribution in [3.05, 3.63) is 0 Å². The first kappa shape index (κ1) is 24.9. The van der Waals surface area contributed by atoms with E-state index in [4.69, 9.17) is 36.2 Å². The van der Waals surface area contributed by atoms with Crippen molar-refractivity contribution in [3.63, 3.8) is 0 Å². The highest BCUT2D eigenvalue weighted by molar-refractivity contribution is 7.46. The standard InChI is InChI=1S/2C6H13N.C5H11O7P/c2*7-6-4-2-1-3-5-6;6-2-4-3(7)1-5(11-4)12-13(8,9)10/h2*6H,1-5,7H2;3-7H,1-2H2,(H2,8,9,10)/t;;3-,4+,5?/m..0/s1. The lowest BCUT2D eigenvalue weighted by Gasteiger charge is -2.15. The molecule has 3 rings (SSSR count). The summed E-state index contributed by atoms with van der Waals surface area (Å²) in [6.07, 6.45) is 10.3. The minimum Gasteiger partial charge on any atom is -0.394 e. The van der Waals surface area contributed by atoms with Crippen LogP contribution >= 0.6 is 7.82 Å². The molecule has 162 valence electrons. The molecule has 1 heterocycles. The quantitative estimate of drug-likeness (QED) is 0.372. The number of aliphatic hydroxyl groups excluding tert-OH is 2. The Balaban J connectivity index is 0.000000220. The van der Waals surface area contributed by atoms with Gasteiger partial charge in [-0.3, -0.25) is 4.52 Å². The fourth-order valence-electron chi connectivity index (χ4n) is 3.34. The van der Waals surface area contributed by atoms with Gasteiger partial charge in [-0.2, -0.15) is 0 Å². The molecule has 0 spiro atoms. The molecule has 3 aliphatic rings. The molecule has 10 heteroatoms. The molecule has 0 amide bonds. The second-order valence-electron chi connectivity index (χ2n) is 7.48. The van der Waals surface area contributed by atoms with Gasteiger partial charge in [-0.25, -0.2) is 4.57 Å². The van der Waals surface area contributed by atoms with Crippen molar-refractivity contribution in [1.82, 2.24) is 0 Å². The number of rotatable bonds is 3. The van der Waals surface area contributed by atoms with E-state index in [9.17, 15) is 4.57 Å². The maximum atomic E-state index is 10.3. The van der Waals surface area contributed by atoms with Gasteiger partial charge >= 0.3 is 7.82 Å². The molecule has 0 aromatic rings. The smallest absolute Gasteiger partial charge is 0.394 e. The van der Waals surface area contributed by atoms with E-state index in [1.807, 2.05) is 0 Å². The second kappa shape index (κ2) is 13.2. The first-order valence-corrected chi connectivity index (χ1v) is 11.4. The molecule has 1 aliphatic heterocycles. The van der Waals surface area contributed by atoms with E-state index in [-0.39, 0.29) is 6.42 Å². The van der Waals surface area contributed by atoms with Gasteiger partial charge in [0.1, 0.15) is 6.10 Å². The average Bonchev–Trinajstić information content (AvgIpc) is 2.95. The van der Waals surface area contributed by atoms with E-state index in [2.05, 4.69) is 4.52 Å². The minimum atomic E-state index is -4.60. The summed E-state index contributed by atoms with van der Waals surface area (Å²) in [4.78, 5) is 16.8. The maximum absolute atomic E-state index is 10.3. The van der Waals surface area contributed by atoms with Crippen molar-refractivity contribution < 1.29 is 33.8 Å². The molecule has 1 unspecified atom stereocenters. The molecule has 0 aromatic heterocycles. The third-order valence-electron chi connectivity index (χ3n) is 4.92. The number of hydrogen-bond acceptors (Lipinski definition) is 7. The van der Waals surface area contributed by atoms with E-state index >= 15 is 0 Å². The van der Waals surface area contributed by atoms with Crippen LogP contribution in [0.4, 0.5) is 0 Å². The van der Waals surface area contributed by atoms with E-state index < -0.39 is 32.9 Å².